The predicted octanol–water partition coefficient (Wildman–Crippen LogP) is 1.33. The molecule has 0 radical (unpaired) electrons. The van der Waals surface area contributed by atoms with Crippen LogP contribution in [0.1, 0.15) is 26.2 Å². The van der Waals surface area contributed by atoms with Gasteiger partial charge in [-0.25, -0.2) is 0 Å². The van der Waals surface area contributed by atoms with Crippen molar-refractivity contribution in [3.63, 3.8) is 0 Å². The minimum atomic E-state index is -0.446. The normalized spacial score (nSPS) is 42.6. The quantitative estimate of drug-likeness (QED) is 0.614. The first-order valence-electron chi connectivity index (χ1n) is 4.60. The molecule has 12 heavy (non-hydrogen) atoms. The summed E-state index contributed by atoms with van der Waals surface area (Å²) in [5.74, 6) is 0.337. The largest absolute Gasteiger partial charge is 0.395 e. The predicted molar refractivity (Wildman–Crippen MR) is 48.7 cm³/mol. The Balaban J connectivity index is 2.84. The van der Waals surface area contributed by atoms with Gasteiger partial charge in [0.25, 0.3) is 0 Å². The third-order valence-electron chi connectivity index (χ3n) is 3.31. The number of aliphatic hydroxyl groups excluding tert-OH is 2. The summed E-state index contributed by atoms with van der Waals surface area (Å²) in [5.41, 5.74) is -0.446. The van der Waals surface area contributed by atoms with Crippen LogP contribution in [0.3, 0.4) is 0 Å². The molecular weight excluding hydrogens is 152 g/mol. The zero-order valence-electron chi connectivity index (χ0n) is 7.66. The lowest BCUT2D eigenvalue weighted by Gasteiger charge is -2.42. The molecule has 0 aromatic carbocycles. The molecule has 1 aliphatic carbocycles. The van der Waals surface area contributed by atoms with E-state index in [1.165, 1.54) is 0 Å². The molecule has 1 rings (SSSR count). The van der Waals surface area contributed by atoms with Crippen molar-refractivity contribution in [2.24, 2.45) is 11.3 Å². The average molecular weight is 170 g/mol. The third-order valence-corrected chi connectivity index (χ3v) is 3.31. The Morgan fingerprint density at radius 1 is 1.58 bits per heavy atom. The van der Waals surface area contributed by atoms with Gasteiger partial charge >= 0.3 is 0 Å². The highest BCUT2D eigenvalue weighted by Crippen LogP contribution is 2.41. The van der Waals surface area contributed by atoms with E-state index in [1.54, 1.807) is 6.08 Å². The maximum Gasteiger partial charge on any atom is 0.0655 e. The molecule has 0 bridgehead atoms. The molecule has 3 unspecified atom stereocenters. The summed E-state index contributed by atoms with van der Waals surface area (Å²) in [6, 6.07) is 0. The summed E-state index contributed by atoms with van der Waals surface area (Å²) in [7, 11) is 0. The first kappa shape index (κ1) is 9.75. The van der Waals surface area contributed by atoms with Crippen molar-refractivity contribution < 1.29 is 10.2 Å². The summed E-state index contributed by atoms with van der Waals surface area (Å²) in [6.07, 6.45) is 4.23. The van der Waals surface area contributed by atoms with Gasteiger partial charge in [0.05, 0.1) is 12.7 Å². The van der Waals surface area contributed by atoms with Crippen LogP contribution in [0.25, 0.3) is 0 Å². The van der Waals surface area contributed by atoms with E-state index in [-0.39, 0.29) is 6.61 Å². The minimum absolute atomic E-state index is 0.0127. The van der Waals surface area contributed by atoms with E-state index >= 15 is 0 Å². The smallest absolute Gasteiger partial charge is 0.0655 e. The van der Waals surface area contributed by atoms with Gasteiger partial charge in [-0.3, -0.25) is 0 Å². The van der Waals surface area contributed by atoms with Crippen LogP contribution in [-0.2, 0) is 0 Å². The maximum atomic E-state index is 9.76. The number of rotatable bonds is 2. The Hall–Kier alpha value is -0.340. The van der Waals surface area contributed by atoms with Crippen molar-refractivity contribution in [1.29, 1.82) is 0 Å². The van der Waals surface area contributed by atoms with Crippen LogP contribution in [0.2, 0.25) is 0 Å². The topological polar surface area (TPSA) is 40.5 Å². The van der Waals surface area contributed by atoms with Crippen LogP contribution in [0.15, 0.2) is 12.7 Å². The van der Waals surface area contributed by atoms with Crippen molar-refractivity contribution in [3.05, 3.63) is 12.7 Å². The summed E-state index contributed by atoms with van der Waals surface area (Å²) >= 11 is 0. The fraction of sp³-hybridized carbons (Fsp3) is 0.800. The maximum absolute atomic E-state index is 9.76. The van der Waals surface area contributed by atoms with E-state index in [2.05, 4.69) is 13.5 Å². The van der Waals surface area contributed by atoms with Crippen molar-refractivity contribution in [2.75, 3.05) is 6.61 Å². The molecule has 1 aliphatic rings. The van der Waals surface area contributed by atoms with E-state index in [0.29, 0.717) is 5.92 Å². The van der Waals surface area contributed by atoms with Crippen LogP contribution in [-0.4, -0.2) is 22.9 Å². The monoisotopic (exact) mass is 170 g/mol. The van der Waals surface area contributed by atoms with Crippen molar-refractivity contribution in [1.82, 2.24) is 0 Å². The Kier molecular flexibility index (Phi) is 2.91. The lowest BCUT2D eigenvalue weighted by molar-refractivity contribution is -0.0476. The SMILES string of the molecule is C=CC1(CO)C(C)CCCC1O. The van der Waals surface area contributed by atoms with E-state index in [1.807, 2.05) is 0 Å². The highest BCUT2D eigenvalue weighted by Gasteiger charge is 2.41. The second-order valence-corrected chi connectivity index (χ2v) is 3.82. The fourth-order valence-electron chi connectivity index (χ4n) is 2.15. The standard InChI is InChI=1S/C10H18O2/c1-3-10(7-11)8(2)5-4-6-9(10)12/h3,8-9,11-12H,1,4-7H2,2H3. The molecule has 70 valence electrons. The van der Waals surface area contributed by atoms with Crippen LogP contribution in [0, 0.1) is 11.3 Å². The molecule has 3 atom stereocenters. The molecule has 1 saturated carbocycles. The van der Waals surface area contributed by atoms with Gasteiger partial charge in [0, 0.05) is 5.41 Å². The summed E-state index contributed by atoms with van der Waals surface area (Å²) in [5, 5.41) is 19.0. The van der Waals surface area contributed by atoms with Gasteiger partial charge in [-0.15, -0.1) is 6.58 Å². The third kappa shape index (κ3) is 1.29. The van der Waals surface area contributed by atoms with Gasteiger partial charge in [-0.2, -0.15) is 0 Å². The molecule has 0 heterocycles. The first-order chi connectivity index (χ1) is 5.67. The second-order valence-electron chi connectivity index (χ2n) is 3.82. The number of aliphatic hydroxyl groups is 2. The molecule has 0 amide bonds. The van der Waals surface area contributed by atoms with Gasteiger partial charge in [-0.1, -0.05) is 19.4 Å². The summed E-state index contributed by atoms with van der Waals surface area (Å²) in [4.78, 5) is 0. The zero-order valence-corrected chi connectivity index (χ0v) is 7.66. The van der Waals surface area contributed by atoms with E-state index in [4.69, 9.17) is 0 Å². The molecule has 1 fully saturated rings. The van der Waals surface area contributed by atoms with Crippen LogP contribution in [0.4, 0.5) is 0 Å². The molecule has 0 aliphatic heterocycles. The van der Waals surface area contributed by atoms with Gasteiger partial charge in [0.2, 0.25) is 0 Å². The molecule has 2 nitrogen and oxygen atoms in total. The average Bonchev–Trinajstić information content (AvgIpc) is 2.06. The van der Waals surface area contributed by atoms with E-state index in [9.17, 15) is 10.2 Å². The molecule has 2 heteroatoms. The summed E-state index contributed by atoms with van der Waals surface area (Å²) < 4.78 is 0. The Morgan fingerprint density at radius 3 is 2.58 bits per heavy atom. The molecule has 2 N–H and O–H groups in total. The van der Waals surface area contributed by atoms with Crippen LogP contribution in [0.5, 0.6) is 0 Å². The lowest BCUT2D eigenvalue weighted by atomic mass is 9.66. The molecular formula is C10H18O2. The second kappa shape index (κ2) is 3.58. The van der Waals surface area contributed by atoms with E-state index in [0.717, 1.165) is 19.3 Å². The van der Waals surface area contributed by atoms with Gasteiger partial charge < -0.3 is 10.2 Å². The Labute approximate surface area is 73.9 Å². The molecule has 0 aromatic rings. The molecule has 0 saturated heterocycles. The lowest BCUT2D eigenvalue weighted by Crippen LogP contribution is -2.45. The van der Waals surface area contributed by atoms with E-state index < -0.39 is 11.5 Å². The minimum Gasteiger partial charge on any atom is -0.395 e. The van der Waals surface area contributed by atoms with Crippen molar-refractivity contribution >= 4 is 0 Å². The zero-order chi connectivity index (χ0) is 9.19. The van der Waals surface area contributed by atoms with Crippen molar-refractivity contribution in [2.45, 2.75) is 32.3 Å². The van der Waals surface area contributed by atoms with Gasteiger partial charge in [0.1, 0.15) is 0 Å². The number of hydrogen-bond donors (Lipinski definition) is 2. The first-order valence-corrected chi connectivity index (χ1v) is 4.60. The van der Waals surface area contributed by atoms with Crippen molar-refractivity contribution in [3.8, 4) is 0 Å². The molecule has 0 aromatic heterocycles. The van der Waals surface area contributed by atoms with Gasteiger partial charge in [0.15, 0.2) is 0 Å². The number of hydrogen-bond acceptors (Lipinski definition) is 2. The highest BCUT2D eigenvalue weighted by atomic mass is 16.3. The molecule has 0 spiro atoms. The van der Waals surface area contributed by atoms with Crippen LogP contribution >= 0.6 is 0 Å². The highest BCUT2D eigenvalue weighted by molar-refractivity contribution is 5.04. The van der Waals surface area contributed by atoms with Crippen LogP contribution < -0.4 is 0 Å². The summed E-state index contributed by atoms with van der Waals surface area (Å²) in [6.45, 7) is 5.79. The van der Waals surface area contributed by atoms with Gasteiger partial charge in [-0.05, 0) is 18.8 Å². The Bertz CT molecular complexity index is 155. The Morgan fingerprint density at radius 2 is 2.25 bits per heavy atom. The fourth-order valence-corrected chi connectivity index (χ4v) is 2.15.